The van der Waals surface area contributed by atoms with Gasteiger partial charge in [0.05, 0.1) is 7.11 Å². The summed E-state index contributed by atoms with van der Waals surface area (Å²) in [6.45, 7) is -1.03. The fraction of sp³-hybridized carbons (Fsp3) is 0.158. The van der Waals surface area contributed by atoms with Gasteiger partial charge in [-0.1, -0.05) is 18.2 Å². The van der Waals surface area contributed by atoms with Gasteiger partial charge in [-0.05, 0) is 36.4 Å². The van der Waals surface area contributed by atoms with Gasteiger partial charge in [0.1, 0.15) is 12.3 Å². The third kappa shape index (κ3) is 6.28. The van der Waals surface area contributed by atoms with E-state index in [0.717, 1.165) is 0 Å². The highest BCUT2D eigenvalue weighted by atomic mass is 16.5. The number of benzene rings is 2. The number of carbonyl (C=O) groups excluding carboxylic acids is 4. The fourth-order valence-electron chi connectivity index (χ4n) is 2.02. The van der Waals surface area contributed by atoms with Crippen molar-refractivity contribution in [3.8, 4) is 5.75 Å². The lowest BCUT2D eigenvalue weighted by Gasteiger charge is -2.07. The Hall–Kier alpha value is -3.68. The molecule has 2 rings (SSSR count). The number of hydrogen-bond donors (Lipinski definition) is 2. The number of amides is 3. The quantitative estimate of drug-likeness (QED) is 0.702. The minimum atomic E-state index is -0.800. The molecule has 0 bridgehead atoms. The van der Waals surface area contributed by atoms with Crippen molar-refractivity contribution in [2.75, 3.05) is 20.3 Å². The number of imide groups is 1. The molecular formula is C19H18N2O6. The van der Waals surface area contributed by atoms with E-state index in [-0.39, 0.29) is 5.56 Å². The van der Waals surface area contributed by atoms with E-state index in [2.05, 4.69) is 10.6 Å². The highest BCUT2D eigenvalue weighted by Crippen LogP contribution is 2.10. The second-order valence-corrected chi connectivity index (χ2v) is 5.32. The van der Waals surface area contributed by atoms with E-state index in [4.69, 9.17) is 9.47 Å². The molecule has 0 atom stereocenters. The van der Waals surface area contributed by atoms with E-state index in [1.54, 1.807) is 42.5 Å². The maximum absolute atomic E-state index is 11.9. The fourth-order valence-corrected chi connectivity index (χ4v) is 2.02. The molecule has 0 saturated carbocycles. The second kappa shape index (κ2) is 9.71. The maximum atomic E-state index is 11.9. The molecule has 0 spiro atoms. The normalized spacial score (nSPS) is 9.81. The lowest BCUT2D eigenvalue weighted by molar-refractivity contribution is -0.147. The van der Waals surface area contributed by atoms with Crippen LogP contribution in [0.4, 0.5) is 0 Å². The average molecular weight is 370 g/mol. The van der Waals surface area contributed by atoms with Crippen LogP contribution in [0, 0.1) is 0 Å². The van der Waals surface area contributed by atoms with Crippen LogP contribution >= 0.6 is 0 Å². The third-order valence-corrected chi connectivity index (χ3v) is 3.40. The molecule has 0 aliphatic heterocycles. The van der Waals surface area contributed by atoms with Crippen molar-refractivity contribution in [1.29, 1.82) is 0 Å². The van der Waals surface area contributed by atoms with Crippen LogP contribution in [0.15, 0.2) is 54.6 Å². The first-order valence-corrected chi connectivity index (χ1v) is 7.96. The molecule has 0 radical (unpaired) electrons. The monoisotopic (exact) mass is 370 g/mol. The van der Waals surface area contributed by atoms with Crippen molar-refractivity contribution in [3.05, 3.63) is 65.7 Å². The number of ether oxygens (including phenoxy) is 2. The average Bonchev–Trinajstić information content (AvgIpc) is 2.71. The SMILES string of the molecule is COc1ccc(C(=O)NC(=O)COC(=O)CNC(=O)c2ccccc2)cc1. The topological polar surface area (TPSA) is 111 Å². The second-order valence-electron chi connectivity index (χ2n) is 5.32. The van der Waals surface area contributed by atoms with Gasteiger partial charge in [0.15, 0.2) is 6.61 Å². The molecule has 0 aliphatic rings. The minimum absolute atomic E-state index is 0.255. The summed E-state index contributed by atoms with van der Waals surface area (Å²) in [5.74, 6) is -2.07. The Kier molecular flexibility index (Phi) is 7.07. The molecule has 0 aromatic heterocycles. The Morgan fingerprint density at radius 1 is 0.852 bits per heavy atom. The van der Waals surface area contributed by atoms with Gasteiger partial charge >= 0.3 is 5.97 Å². The zero-order chi connectivity index (χ0) is 19.6. The van der Waals surface area contributed by atoms with E-state index in [9.17, 15) is 19.2 Å². The predicted molar refractivity (Wildman–Crippen MR) is 95.2 cm³/mol. The molecule has 2 aromatic carbocycles. The minimum Gasteiger partial charge on any atom is -0.497 e. The molecule has 2 N–H and O–H groups in total. The molecule has 2 aromatic rings. The molecule has 0 aliphatic carbocycles. The molecule has 0 unspecified atom stereocenters. The van der Waals surface area contributed by atoms with Gasteiger partial charge in [-0.25, -0.2) is 0 Å². The summed E-state index contributed by atoms with van der Waals surface area (Å²) in [4.78, 5) is 47.0. The van der Waals surface area contributed by atoms with E-state index < -0.39 is 36.8 Å². The molecule has 0 saturated heterocycles. The van der Waals surface area contributed by atoms with Crippen LogP contribution in [0.25, 0.3) is 0 Å². The van der Waals surface area contributed by atoms with Crippen LogP contribution in [0.1, 0.15) is 20.7 Å². The zero-order valence-electron chi connectivity index (χ0n) is 14.6. The Labute approximate surface area is 155 Å². The van der Waals surface area contributed by atoms with Crippen LogP contribution in [-0.4, -0.2) is 44.0 Å². The van der Waals surface area contributed by atoms with Crippen molar-refractivity contribution in [3.63, 3.8) is 0 Å². The van der Waals surface area contributed by atoms with Gasteiger partial charge in [-0.2, -0.15) is 0 Å². The summed E-state index contributed by atoms with van der Waals surface area (Å²) in [6.07, 6.45) is 0. The van der Waals surface area contributed by atoms with E-state index >= 15 is 0 Å². The number of hydrogen-bond acceptors (Lipinski definition) is 6. The number of rotatable bonds is 7. The van der Waals surface area contributed by atoms with Gasteiger partial charge in [-0.3, -0.25) is 24.5 Å². The smallest absolute Gasteiger partial charge is 0.325 e. The summed E-state index contributed by atoms with van der Waals surface area (Å²) in [7, 11) is 1.50. The number of methoxy groups -OCH3 is 1. The van der Waals surface area contributed by atoms with Crippen LogP contribution in [0.5, 0.6) is 5.75 Å². The number of carbonyl (C=O) groups is 4. The maximum Gasteiger partial charge on any atom is 0.325 e. The summed E-state index contributed by atoms with van der Waals surface area (Å²) in [6, 6.07) is 14.5. The molecule has 8 heteroatoms. The zero-order valence-corrected chi connectivity index (χ0v) is 14.6. The third-order valence-electron chi connectivity index (χ3n) is 3.40. The predicted octanol–water partition coefficient (Wildman–Crippen LogP) is 0.925. The van der Waals surface area contributed by atoms with Crippen LogP contribution in [0.3, 0.4) is 0 Å². The molecular weight excluding hydrogens is 352 g/mol. The summed E-state index contributed by atoms with van der Waals surface area (Å²) in [5.41, 5.74) is 0.652. The number of nitrogens with one attached hydrogen (secondary N) is 2. The molecule has 3 amide bonds. The van der Waals surface area contributed by atoms with Gasteiger partial charge in [0.25, 0.3) is 17.7 Å². The van der Waals surface area contributed by atoms with Gasteiger partial charge in [-0.15, -0.1) is 0 Å². The standard InChI is InChI=1S/C19H18N2O6/c1-26-15-9-7-14(8-10-15)19(25)21-16(22)12-27-17(23)11-20-18(24)13-5-3-2-4-6-13/h2-10H,11-12H2,1H3,(H,20,24)(H,21,22,25). The molecule has 0 heterocycles. The van der Waals surface area contributed by atoms with Gasteiger partial charge in [0, 0.05) is 11.1 Å². The first kappa shape index (κ1) is 19.6. The Morgan fingerprint density at radius 3 is 2.11 bits per heavy atom. The Bertz CT molecular complexity index is 818. The van der Waals surface area contributed by atoms with Crippen molar-refractivity contribution in [2.24, 2.45) is 0 Å². The molecule has 27 heavy (non-hydrogen) atoms. The first-order valence-electron chi connectivity index (χ1n) is 7.96. The van der Waals surface area contributed by atoms with Crippen LogP contribution in [0.2, 0.25) is 0 Å². The highest BCUT2D eigenvalue weighted by Gasteiger charge is 2.13. The Morgan fingerprint density at radius 2 is 1.48 bits per heavy atom. The molecule has 0 fully saturated rings. The Balaban J connectivity index is 1.71. The highest BCUT2D eigenvalue weighted by molar-refractivity contribution is 6.05. The van der Waals surface area contributed by atoms with Crippen molar-refractivity contribution in [2.45, 2.75) is 0 Å². The van der Waals surface area contributed by atoms with E-state index in [0.29, 0.717) is 11.3 Å². The van der Waals surface area contributed by atoms with Crippen molar-refractivity contribution < 1.29 is 28.7 Å². The largest absolute Gasteiger partial charge is 0.497 e. The lowest BCUT2D eigenvalue weighted by atomic mass is 10.2. The summed E-state index contributed by atoms with van der Waals surface area (Å²) < 4.78 is 9.70. The first-order chi connectivity index (χ1) is 13.0. The van der Waals surface area contributed by atoms with Gasteiger partial charge in [0.2, 0.25) is 0 Å². The van der Waals surface area contributed by atoms with E-state index in [1.165, 1.54) is 19.2 Å². The van der Waals surface area contributed by atoms with Crippen molar-refractivity contribution in [1.82, 2.24) is 10.6 Å². The summed E-state index contributed by atoms with van der Waals surface area (Å²) >= 11 is 0. The van der Waals surface area contributed by atoms with Crippen LogP contribution < -0.4 is 15.4 Å². The molecule has 140 valence electrons. The lowest BCUT2D eigenvalue weighted by Crippen LogP contribution is -2.36. The number of esters is 1. The van der Waals surface area contributed by atoms with E-state index in [1.807, 2.05) is 0 Å². The molecule has 8 nitrogen and oxygen atoms in total. The van der Waals surface area contributed by atoms with Gasteiger partial charge < -0.3 is 14.8 Å². The van der Waals surface area contributed by atoms with Crippen LogP contribution in [-0.2, 0) is 14.3 Å². The summed E-state index contributed by atoms with van der Waals surface area (Å²) in [5, 5.41) is 4.47. The van der Waals surface area contributed by atoms with Crippen molar-refractivity contribution >= 4 is 23.7 Å².